The van der Waals surface area contributed by atoms with Crippen molar-refractivity contribution >= 4 is 23.9 Å². The quantitative estimate of drug-likeness (QED) is 0.347. The number of ether oxygens (including phenoxy) is 4. The lowest BCUT2D eigenvalue weighted by Gasteiger charge is -2.44. The van der Waals surface area contributed by atoms with Gasteiger partial charge >= 0.3 is 23.9 Å². The van der Waals surface area contributed by atoms with Crippen molar-refractivity contribution in [2.24, 2.45) is 11.3 Å². The summed E-state index contributed by atoms with van der Waals surface area (Å²) in [5, 5.41) is 0. The van der Waals surface area contributed by atoms with Crippen molar-refractivity contribution in [3.8, 4) is 0 Å². The number of carbonyl (C=O) groups is 4. The topological polar surface area (TPSA) is 105 Å². The first-order chi connectivity index (χ1) is 16.3. The fourth-order valence-electron chi connectivity index (χ4n) is 5.00. The van der Waals surface area contributed by atoms with Gasteiger partial charge in [-0.3, -0.25) is 19.2 Å². The lowest BCUT2D eigenvalue weighted by atomic mass is 9.57. The van der Waals surface area contributed by atoms with Crippen LogP contribution in [0.5, 0.6) is 0 Å². The molecule has 8 heteroatoms. The van der Waals surface area contributed by atoms with Crippen molar-refractivity contribution in [1.82, 2.24) is 0 Å². The summed E-state index contributed by atoms with van der Waals surface area (Å²) in [4.78, 5) is 51.8. The van der Waals surface area contributed by atoms with Gasteiger partial charge in [0.2, 0.25) is 0 Å². The van der Waals surface area contributed by atoms with Crippen LogP contribution in [0, 0.1) is 11.3 Å². The van der Waals surface area contributed by atoms with Crippen molar-refractivity contribution < 1.29 is 38.1 Å². The van der Waals surface area contributed by atoms with Crippen molar-refractivity contribution in [1.29, 1.82) is 0 Å². The highest BCUT2D eigenvalue weighted by atomic mass is 16.6. The summed E-state index contributed by atoms with van der Waals surface area (Å²) in [5.41, 5.74) is 0.633. The van der Waals surface area contributed by atoms with E-state index in [1.54, 1.807) is 12.1 Å². The largest absolute Gasteiger partial charge is 0.468 e. The van der Waals surface area contributed by atoms with Crippen LogP contribution in [0.4, 0.5) is 0 Å². The average Bonchev–Trinajstić information content (AvgIpc) is 2.89. The number of carbonyl (C=O) groups excluding carboxylic acids is 4. The minimum atomic E-state index is -1.81. The third-order valence-electron chi connectivity index (χ3n) is 6.61. The second kappa shape index (κ2) is 10.5. The van der Waals surface area contributed by atoms with E-state index in [1.165, 1.54) is 14.2 Å². The predicted molar refractivity (Wildman–Crippen MR) is 121 cm³/mol. The van der Waals surface area contributed by atoms with Gasteiger partial charge in [0.15, 0.2) is 11.3 Å². The van der Waals surface area contributed by atoms with Crippen LogP contribution < -0.4 is 0 Å². The monoisotopic (exact) mass is 468 g/mol. The average molecular weight is 469 g/mol. The van der Waals surface area contributed by atoms with Crippen LogP contribution in [-0.2, 0) is 38.1 Å². The number of hydrogen-bond acceptors (Lipinski definition) is 8. The first kappa shape index (κ1) is 25.0. The fourth-order valence-corrected chi connectivity index (χ4v) is 5.00. The summed E-state index contributed by atoms with van der Waals surface area (Å²) >= 11 is 0. The van der Waals surface area contributed by atoms with E-state index in [1.807, 2.05) is 42.5 Å². The Balaban J connectivity index is 2.29. The lowest BCUT2D eigenvalue weighted by Crippen LogP contribution is -2.51. The molecule has 0 amide bonds. The van der Waals surface area contributed by atoms with Crippen LogP contribution in [0.15, 0.2) is 54.6 Å². The number of rotatable bonds is 7. The van der Waals surface area contributed by atoms with E-state index in [4.69, 9.17) is 18.9 Å². The van der Waals surface area contributed by atoms with Gasteiger partial charge in [0, 0.05) is 11.8 Å². The molecule has 1 aliphatic rings. The summed E-state index contributed by atoms with van der Waals surface area (Å²) in [6, 6.07) is 16.9. The standard InChI is InChI=1S/C26H28O8/c1-31-22(27)19(23(28)32-2)14-21-18-13-9-8-12-17(18)20(16-10-6-5-7-11-16)15-26(21,24(29)33-3)25(30)34-4/h5-13,19-21H,14-15H2,1-4H3. The Labute approximate surface area is 198 Å². The Hall–Kier alpha value is -3.68. The van der Waals surface area contributed by atoms with Gasteiger partial charge in [-0.05, 0) is 29.5 Å². The number of fused-ring (bicyclic) bond motifs is 1. The smallest absolute Gasteiger partial charge is 0.323 e. The molecular weight excluding hydrogens is 440 g/mol. The molecule has 0 saturated heterocycles. The third-order valence-corrected chi connectivity index (χ3v) is 6.61. The summed E-state index contributed by atoms with van der Waals surface area (Å²) in [6.45, 7) is 0. The van der Waals surface area contributed by atoms with Gasteiger partial charge in [0.1, 0.15) is 0 Å². The Morgan fingerprint density at radius 3 is 1.76 bits per heavy atom. The molecule has 0 aromatic heterocycles. The van der Waals surface area contributed by atoms with Crippen molar-refractivity contribution in [2.75, 3.05) is 28.4 Å². The maximum atomic E-state index is 13.4. The maximum absolute atomic E-state index is 13.4. The predicted octanol–water partition coefficient (Wildman–Crippen LogP) is 2.99. The lowest BCUT2D eigenvalue weighted by molar-refractivity contribution is -0.175. The Morgan fingerprint density at radius 1 is 0.765 bits per heavy atom. The maximum Gasteiger partial charge on any atom is 0.323 e. The van der Waals surface area contributed by atoms with Crippen molar-refractivity contribution in [2.45, 2.75) is 24.7 Å². The molecule has 1 aliphatic carbocycles. The molecule has 3 rings (SSSR count). The van der Waals surface area contributed by atoms with E-state index in [-0.39, 0.29) is 18.8 Å². The van der Waals surface area contributed by atoms with Gasteiger partial charge < -0.3 is 18.9 Å². The molecule has 0 fully saturated rings. The number of hydrogen-bond donors (Lipinski definition) is 0. The fraction of sp³-hybridized carbons (Fsp3) is 0.385. The van der Waals surface area contributed by atoms with E-state index in [0.29, 0.717) is 5.56 Å². The summed E-state index contributed by atoms with van der Waals surface area (Å²) in [6.07, 6.45) is -0.171. The van der Waals surface area contributed by atoms with Crippen LogP contribution >= 0.6 is 0 Å². The van der Waals surface area contributed by atoms with Gasteiger partial charge in [-0.1, -0.05) is 54.6 Å². The van der Waals surface area contributed by atoms with Crippen LogP contribution in [0.3, 0.4) is 0 Å². The van der Waals surface area contributed by atoms with Crippen molar-refractivity contribution in [3.05, 3.63) is 71.3 Å². The first-order valence-corrected chi connectivity index (χ1v) is 10.8. The van der Waals surface area contributed by atoms with Crippen LogP contribution in [-0.4, -0.2) is 52.3 Å². The molecule has 8 nitrogen and oxygen atoms in total. The van der Waals surface area contributed by atoms with E-state index in [9.17, 15) is 19.2 Å². The molecule has 0 bridgehead atoms. The Morgan fingerprint density at radius 2 is 1.26 bits per heavy atom. The zero-order chi connectivity index (χ0) is 24.9. The van der Waals surface area contributed by atoms with Gasteiger partial charge in [-0.15, -0.1) is 0 Å². The molecule has 180 valence electrons. The number of esters is 4. The van der Waals surface area contributed by atoms with Crippen LogP contribution in [0.2, 0.25) is 0 Å². The van der Waals surface area contributed by atoms with Gasteiger partial charge in [-0.25, -0.2) is 0 Å². The highest BCUT2D eigenvalue weighted by molar-refractivity contribution is 6.02. The van der Waals surface area contributed by atoms with Gasteiger partial charge in [-0.2, -0.15) is 0 Å². The molecule has 0 N–H and O–H groups in total. The van der Waals surface area contributed by atoms with Crippen LogP contribution in [0.1, 0.15) is 41.4 Å². The van der Waals surface area contributed by atoms with E-state index in [0.717, 1.165) is 25.3 Å². The minimum Gasteiger partial charge on any atom is -0.468 e. The molecule has 2 aromatic carbocycles. The van der Waals surface area contributed by atoms with Gasteiger partial charge in [0.25, 0.3) is 0 Å². The zero-order valence-electron chi connectivity index (χ0n) is 19.6. The van der Waals surface area contributed by atoms with Crippen molar-refractivity contribution in [3.63, 3.8) is 0 Å². The van der Waals surface area contributed by atoms with E-state index in [2.05, 4.69) is 0 Å². The van der Waals surface area contributed by atoms with E-state index >= 15 is 0 Å². The Bertz CT molecular complexity index is 1030. The zero-order valence-corrected chi connectivity index (χ0v) is 19.6. The third kappa shape index (κ3) is 4.27. The highest BCUT2D eigenvalue weighted by Gasteiger charge is 2.60. The molecule has 34 heavy (non-hydrogen) atoms. The second-order valence-electron chi connectivity index (χ2n) is 8.14. The number of benzene rings is 2. The normalized spacial score (nSPS) is 18.4. The summed E-state index contributed by atoms with van der Waals surface area (Å²) in [7, 11) is 4.71. The summed E-state index contributed by atoms with van der Waals surface area (Å²) < 4.78 is 19.9. The minimum absolute atomic E-state index is 0.0348. The second-order valence-corrected chi connectivity index (χ2v) is 8.14. The highest BCUT2D eigenvalue weighted by Crippen LogP contribution is 2.56. The molecular formula is C26H28O8. The van der Waals surface area contributed by atoms with Gasteiger partial charge in [0.05, 0.1) is 28.4 Å². The molecule has 2 atom stereocenters. The molecule has 0 saturated carbocycles. The molecule has 0 aliphatic heterocycles. The van der Waals surface area contributed by atoms with E-state index < -0.39 is 41.1 Å². The molecule has 0 radical (unpaired) electrons. The summed E-state index contributed by atoms with van der Waals surface area (Å²) in [5.74, 6) is -5.83. The number of methoxy groups -OCH3 is 4. The SMILES string of the molecule is COC(=O)C(CC1c2ccccc2C(c2ccccc2)CC1(C(=O)OC)C(=O)OC)C(=O)OC. The van der Waals surface area contributed by atoms with Crippen LogP contribution in [0.25, 0.3) is 0 Å². The Kier molecular flexibility index (Phi) is 7.71. The molecule has 0 spiro atoms. The molecule has 2 aromatic rings. The molecule has 2 unspecified atom stereocenters. The molecule has 0 heterocycles. The first-order valence-electron chi connectivity index (χ1n) is 10.8.